The van der Waals surface area contributed by atoms with Gasteiger partial charge in [-0.2, -0.15) is 0 Å². The third-order valence-corrected chi connectivity index (χ3v) is 5.54. The number of hydrogen-bond donors (Lipinski definition) is 1. The summed E-state index contributed by atoms with van der Waals surface area (Å²) in [5.74, 6) is 1.64. The molecule has 1 amide bonds. The predicted molar refractivity (Wildman–Crippen MR) is 93.9 cm³/mol. The lowest BCUT2D eigenvalue weighted by Gasteiger charge is -2.48. The van der Waals surface area contributed by atoms with Crippen molar-refractivity contribution in [3.05, 3.63) is 47.7 Å². The number of aryl methyl sites for hydroxylation is 1. The third-order valence-electron chi connectivity index (χ3n) is 5.54. The maximum absolute atomic E-state index is 12.5. The Kier molecular flexibility index (Phi) is 3.93. The van der Waals surface area contributed by atoms with Gasteiger partial charge in [-0.15, -0.1) is 0 Å². The van der Waals surface area contributed by atoms with Crippen molar-refractivity contribution in [1.29, 1.82) is 0 Å². The van der Waals surface area contributed by atoms with E-state index in [1.165, 1.54) is 18.4 Å². The Labute approximate surface area is 142 Å². The first kappa shape index (κ1) is 15.5. The molecule has 0 spiro atoms. The molecule has 1 aromatic carbocycles. The van der Waals surface area contributed by atoms with E-state index >= 15 is 0 Å². The molecule has 3 fully saturated rings. The molecule has 4 heteroatoms. The third kappa shape index (κ3) is 2.86. The number of nitrogens with one attached hydrogen (secondary N) is 1. The molecule has 4 nitrogen and oxygen atoms in total. The molecule has 0 saturated carbocycles. The first-order valence-electron chi connectivity index (χ1n) is 8.82. The van der Waals surface area contributed by atoms with Gasteiger partial charge < -0.3 is 9.73 Å². The van der Waals surface area contributed by atoms with E-state index < -0.39 is 0 Å². The summed E-state index contributed by atoms with van der Waals surface area (Å²) in [7, 11) is 0. The van der Waals surface area contributed by atoms with E-state index in [0.717, 1.165) is 24.4 Å². The average molecular weight is 324 g/mol. The molecule has 24 heavy (non-hydrogen) atoms. The molecule has 4 atom stereocenters. The SMILES string of the molecule is Cc1ccc(-c2ccc(C(=O)N[C@H]3CN4CCC3CC4C)o2)cc1. The van der Waals surface area contributed by atoms with Crippen LogP contribution in [0.25, 0.3) is 11.3 Å². The molecule has 3 saturated heterocycles. The van der Waals surface area contributed by atoms with Gasteiger partial charge in [0.25, 0.3) is 5.91 Å². The van der Waals surface area contributed by atoms with E-state index in [1.54, 1.807) is 6.07 Å². The molecule has 3 unspecified atom stereocenters. The topological polar surface area (TPSA) is 45.5 Å². The highest BCUT2D eigenvalue weighted by Gasteiger charge is 2.39. The molecule has 2 bridgehead atoms. The van der Waals surface area contributed by atoms with Crippen LogP contribution in [0.3, 0.4) is 0 Å². The molecular formula is C20H24N2O2. The van der Waals surface area contributed by atoms with Gasteiger partial charge in [0.1, 0.15) is 5.76 Å². The Hall–Kier alpha value is -2.07. The van der Waals surface area contributed by atoms with Crippen LogP contribution in [-0.2, 0) is 0 Å². The molecule has 1 N–H and O–H groups in total. The minimum atomic E-state index is -0.0974. The van der Waals surface area contributed by atoms with E-state index in [-0.39, 0.29) is 11.9 Å². The lowest BCUT2D eigenvalue weighted by atomic mass is 9.80. The zero-order chi connectivity index (χ0) is 16.7. The summed E-state index contributed by atoms with van der Waals surface area (Å²) in [6.45, 7) is 6.46. The van der Waals surface area contributed by atoms with Gasteiger partial charge in [-0.25, -0.2) is 0 Å². The lowest BCUT2D eigenvalue weighted by Crippen LogP contribution is -2.60. The maximum atomic E-state index is 12.5. The number of amides is 1. The van der Waals surface area contributed by atoms with Gasteiger partial charge >= 0.3 is 0 Å². The second kappa shape index (κ2) is 6.10. The molecule has 126 valence electrons. The molecular weight excluding hydrogens is 300 g/mol. The van der Waals surface area contributed by atoms with Crippen molar-refractivity contribution in [3.8, 4) is 11.3 Å². The molecule has 3 aliphatic heterocycles. The van der Waals surface area contributed by atoms with Crippen LogP contribution >= 0.6 is 0 Å². The van der Waals surface area contributed by atoms with Gasteiger partial charge in [0.15, 0.2) is 5.76 Å². The maximum Gasteiger partial charge on any atom is 0.287 e. The molecule has 2 aromatic rings. The molecule has 5 rings (SSSR count). The first-order chi connectivity index (χ1) is 11.6. The fourth-order valence-electron chi connectivity index (χ4n) is 4.03. The molecule has 1 aromatic heterocycles. The number of furan rings is 1. The first-order valence-corrected chi connectivity index (χ1v) is 8.82. The van der Waals surface area contributed by atoms with Gasteiger partial charge in [-0.1, -0.05) is 29.8 Å². The van der Waals surface area contributed by atoms with Crippen LogP contribution < -0.4 is 5.32 Å². The molecule has 0 aliphatic carbocycles. The van der Waals surface area contributed by atoms with Crippen LogP contribution in [0.5, 0.6) is 0 Å². The summed E-state index contributed by atoms with van der Waals surface area (Å²) >= 11 is 0. The highest BCUT2D eigenvalue weighted by Crippen LogP contribution is 2.32. The van der Waals surface area contributed by atoms with Crippen LogP contribution in [-0.4, -0.2) is 36.0 Å². The Bertz CT molecular complexity index is 734. The number of carbonyl (C=O) groups excluding carboxylic acids is 1. The zero-order valence-corrected chi connectivity index (χ0v) is 14.3. The zero-order valence-electron chi connectivity index (χ0n) is 14.3. The van der Waals surface area contributed by atoms with Crippen molar-refractivity contribution < 1.29 is 9.21 Å². The largest absolute Gasteiger partial charge is 0.451 e. The van der Waals surface area contributed by atoms with Crippen LogP contribution in [0.4, 0.5) is 0 Å². The molecule has 3 aliphatic rings. The molecule has 4 heterocycles. The molecule has 0 radical (unpaired) electrons. The fourth-order valence-corrected chi connectivity index (χ4v) is 4.03. The van der Waals surface area contributed by atoms with Crippen molar-refractivity contribution in [2.24, 2.45) is 5.92 Å². The van der Waals surface area contributed by atoms with Crippen LogP contribution in [0.1, 0.15) is 35.9 Å². The summed E-state index contributed by atoms with van der Waals surface area (Å²) < 4.78 is 5.79. The average Bonchev–Trinajstić information content (AvgIpc) is 3.07. The highest BCUT2D eigenvalue weighted by atomic mass is 16.3. The van der Waals surface area contributed by atoms with Crippen molar-refractivity contribution in [2.45, 2.75) is 38.8 Å². The number of fused-ring (bicyclic) bond motifs is 3. The lowest BCUT2D eigenvalue weighted by molar-refractivity contribution is 0.0269. The number of carbonyl (C=O) groups is 1. The van der Waals surface area contributed by atoms with Gasteiger partial charge in [0.2, 0.25) is 0 Å². The quantitative estimate of drug-likeness (QED) is 0.940. The summed E-state index contributed by atoms with van der Waals surface area (Å²) in [5, 5.41) is 3.19. The normalized spacial score (nSPS) is 28.8. The van der Waals surface area contributed by atoms with Gasteiger partial charge in [-0.3, -0.25) is 9.69 Å². The van der Waals surface area contributed by atoms with Crippen molar-refractivity contribution in [2.75, 3.05) is 13.1 Å². The Morgan fingerprint density at radius 1 is 1.21 bits per heavy atom. The van der Waals surface area contributed by atoms with Crippen molar-refractivity contribution in [3.63, 3.8) is 0 Å². The van der Waals surface area contributed by atoms with Gasteiger partial charge in [0.05, 0.1) is 0 Å². The van der Waals surface area contributed by atoms with Gasteiger partial charge in [-0.05, 0) is 51.3 Å². The summed E-state index contributed by atoms with van der Waals surface area (Å²) in [6.07, 6.45) is 2.36. The number of rotatable bonds is 3. The minimum Gasteiger partial charge on any atom is -0.451 e. The van der Waals surface area contributed by atoms with Crippen LogP contribution in [0.15, 0.2) is 40.8 Å². The predicted octanol–water partition coefficient (Wildman–Crippen LogP) is 3.47. The second-order valence-corrected chi connectivity index (χ2v) is 7.24. The number of nitrogens with zero attached hydrogens (tertiary/aromatic N) is 1. The van der Waals surface area contributed by atoms with E-state index in [4.69, 9.17) is 4.42 Å². The van der Waals surface area contributed by atoms with Gasteiger partial charge in [0, 0.05) is 24.2 Å². The van der Waals surface area contributed by atoms with Crippen LogP contribution in [0, 0.1) is 12.8 Å². The second-order valence-electron chi connectivity index (χ2n) is 7.24. The Morgan fingerprint density at radius 2 is 2.00 bits per heavy atom. The minimum absolute atomic E-state index is 0.0974. The fraction of sp³-hybridized carbons (Fsp3) is 0.450. The highest BCUT2D eigenvalue weighted by molar-refractivity contribution is 5.92. The summed E-state index contributed by atoms with van der Waals surface area (Å²) in [6, 6.07) is 12.7. The number of benzene rings is 1. The number of piperidine rings is 3. The van der Waals surface area contributed by atoms with E-state index in [1.807, 2.05) is 30.3 Å². The van der Waals surface area contributed by atoms with Crippen molar-refractivity contribution in [1.82, 2.24) is 10.2 Å². The van der Waals surface area contributed by atoms with E-state index in [9.17, 15) is 4.79 Å². The number of hydrogen-bond acceptors (Lipinski definition) is 3. The Balaban J connectivity index is 1.45. The monoisotopic (exact) mass is 324 g/mol. The van der Waals surface area contributed by atoms with E-state index in [0.29, 0.717) is 17.7 Å². The van der Waals surface area contributed by atoms with E-state index in [2.05, 4.69) is 24.1 Å². The summed E-state index contributed by atoms with van der Waals surface area (Å²) in [5.41, 5.74) is 2.20. The smallest absolute Gasteiger partial charge is 0.287 e. The van der Waals surface area contributed by atoms with Crippen molar-refractivity contribution >= 4 is 5.91 Å². The Morgan fingerprint density at radius 3 is 2.67 bits per heavy atom. The standard InChI is InChI=1S/C20H24N2O2/c1-13-3-5-15(6-4-13)18-7-8-19(24-18)20(23)21-17-12-22-10-9-16(17)11-14(22)2/h3-8,14,16-17H,9-12H2,1-2H3,(H,21,23)/t14?,16?,17-/m0/s1. The summed E-state index contributed by atoms with van der Waals surface area (Å²) in [4.78, 5) is 15.0. The van der Waals surface area contributed by atoms with Crippen LogP contribution in [0.2, 0.25) is 0 Å².